The van der Waals surface area contributed by atoms with Gasteiger partial charge < -0.3 is 14.8 Å². The van der Waals surface area contributed by atoms with Crippen molar-refractivity contribution in [2.75, 3.05) is 26.2 Å². The minimum Gasteiger partial charge on any atom is -0.342 e. The van der Waals surface area contributed by atoms with Crippen molar-refractivity contribution in [1.29, 1.82) is 0 Å². The van der Waals surface area contributed by atoms with Gasteiger partial charge in [0.1, 0.15) is 5.82 Å². The zero-order chi connectivity index (χ0) is 18.6. The third kappa shape index (κ3) is 4.15. The van der Waals surface area contributed by atoms with Gasteiger partial charge >= 0.3 is 0 Å². The number of para-hydroxylation sites is 2. The van der Waals surface area contributed by atoms with Crippen LogP contribution in [0.5, 0.6) is 0 Å². The number of likely N-dealkylation sites (tertiary alicyclic amines) is 2. The van der Waals surface area contributed by atoms with Crippen LogP contribution in [0.3, 0.4) is 0 Å². The molecule has 4 rings (SSSR count). The summed E-state index contributed by atoms with van der Waals surface area (Å²) < 4.78 is 0. The second kappa shape index (κ2) is 8.11. The van der Waals surface area contributed by atoms with E-state index in [2.05, 4.69) is 4.98 Å². The molecule has 144 valence electrons. The van der Waals surface area contributed by atoms with Gasteiger partial charge in [-0.25, -0.2) is 4.98 Å². The lowest BCUT2D eigenvalue weighted by Crippen LogP contribution is -2.46. The second-order valence-electron chi connectivity index (χ2n) is 7.80. The SMILES string of the molecule is O=C1CCCCCCN1CC(=O)N1CCC[C@@H](c2nc3ccccc3[nH]2)C1. The van der Waals surface area contributed by atoms with Crippen LogP contribution in [0.2, 0.25) is 0 Å². The number of benzene rings is 1. The van der Waals surface area contributed by atoms with E-state index in [9.17, 15) is 9.59 Å². The van der Waals surface area contributed by atoms with Gasteiger partial charge in [-0.2, -0.15) is 0 Å². The van der Waals surface area contributed by atoms with E-state index in [1.807, 2.05) is 29.2 Å². The van der Waals surface area contributed by atoms with E-state index in [1.54, 1.807) is 4.90 Å². The predicted octanol–water partition coefficient (Wildman–Crippen LogP) is 3.06. The van der Waals surface area contributed by atoms with Gasteiger partial charge in [0.05, 0.1) is 17.6 Å². The van der Waals surface area contributed by atoms with Crippen LogP contribution in [-0.4, -0.2) is 57.8 Å². The Bertz CT molecular complexity index is 782. The van der Waals surface area contributed by atoms with Crippen molar-refractivity contribution in [3.63, 3.8) is 0 Å². The summed E-state index contributed by atoms with van der Waals surface area (Å²) in [5.41, 5.74) is 2.02. The molecular formula is C21H28N4O2. The van der Waals surface area contributed by atoms with Crippen LogP contribution < -0.4 is 0 Å². The molecule has 0 aliphatic carbocycles. The Morgan fingerprint density at radius 2 is 1.96 bits per heavy atom. The molecule has 2 amide bonds. The molecule has 2 aliphatic rings. The molecule has 1 aromatic heterocycles. The molecule has 27 heavy (non-hydrogen) atoms. The summed E-state index contributed by atoms with van der Waals surface area (Å²) in [5.74, 6) is 1.41. The first-order chi connectivity index (χ1) is 13.2. The number of hydrogen-bond acceptors (Lipinski definition) is 3. The van der Waals surface area contributed by atoms with Gasteiger partial charge in [-0.1, -0.05) is 25.0 Å². The van der Waals surface area contributed by atoms with Crippen molar-refractivity contribution in [3.8, 4) is 0 Å². The number of fused-ring (bicyclic) bond motifs is 1. The molecule has 0 radical (unpaired) electrons. The monoisotopic (exact) mass is 368 g/mol. The van der Waals surface area contributed by atoms with E-state index in [1.165, 1.54) is 0 Å². The Morgan fingerprint density at radius 1 is 1.11 bits per heavy atom. The summed E-state index contributed by atoms with van der Waals surface area (Å²) >= 11 is 0. The maximum atomic E-state index is 12.9. The second-order valence-corrected chi connectivity index (χ2v) is 7.80. The van der Waals surface area contributed by atoms with E-state index in [0.717, 1.165) is 61.9 Å². The lowest BCUT2D eigenvalue weighted by atomic mass is 9.97. The first-order valence-corrected chi connectivity index (χ1v) is 10.2. The van der Waals surface area contributed by atoms with E-state index in [0.29, 0.717) is 19.5 Å². The van der Waals surface area contributed by atoms with Gasteiger partial charge in [0.25, 0.3) is 0 Å². The highest BCUT2D eigenvalue weighted by molar-refractivity contribution is 5.85. The van der Waals surface area contributed by atoms with Crippen LogP contribution in [0.15, 0.2) is 24.3 Å². The molecule has 0 saturated carbocycles. The summed E-state index contributed by atoms with van der Waals surface area (Å²) in [6.45, 7) is 2.40. The van der Waals surface area contributed by atoms with Gasteiger partial charge in [-0.05, 0) is 37.8 Å². The van der Waals surface area contributed by atoms with Crippen LogP contribution in [0.25, 0.3) is 11.0 Å². The van der Waals surface area contributed by atoms with Crippen LogP contribution in [0.1, 0.15) is 56.7 Å². The Balaban J connectivity index is 1.41. The number of imidazole rings is 1. The Kier molecular flexibility index (Phi) is 5.41. The first kappa shape index (κ1) is 18.0. The molecular weight excluding hydrogens is 340 g/mol. The Morgan fingerprint density at radius 3 is 2.85 bits per heavy atom. The number of piperidine rings is 1. The van der Waals surface area contributed by atoms with E-state index >= 15 is 0 Å². The van der Waals surface area contributed by atoms with E-state index < -0.39 is 0 Å². The number of carbonyl (C=O) groups excluding carboxylic acids is 2. The highest BCUT2D eigenvalue weighted by Gasteiger charge is 2.28. The zero-order valence-corrected chi connectivity index (χ0v) is 15.8. The van der Waals surface area contributed by atoms with Crippen LogP contribution >= 0.6 is 0 Å². The van der Waals surface area contributed by atoms with Crippen LogP contribution in [0, 0.1) is 0 Å². The molecule has 2 fully saturated rings. The van der Waals surface area contributed by atoms with Crippen molar-refractivity contribution in [1.82, 2.24) is 19.8 Å². The number of nitrogens with one attached hydrogen (secondary N) is 1. The number of carbonyl (C=O) groups is 2. The molecule has 2 aliphatic heterocycles. The number of hydrogen-bond donors (Lipinski definition) is 1. The molecule has 0 bridgehead atoms. The number of H-pyrrole nitrogens is 1. The van der Waals surface area contributed by atoms with Crippen LogP contribution in [-0.2, 0) is 9.59 Å². The number of rotatable bonds is 3. The average Bonchev–Trinajstić information content (AvgIpc) is 3.12. The summed E-state index contributed by atoms with van der Waals surface area (Å²) in [6, 6.07) is 8.03. The van der Waals surface area contributed by atoms with Crippen molar-refractivity contribution >= 4 is 22.8 Å². The Hall–Kier alpha value is -2.37. The highest BCUT2D eigenvalue weighted by Crippen LogP contribution is 2.27. The Labute approximate surface area is 159 Å². The zero-order valence-electron chi connectivity index (χ0n) is 15.8. The minimum atomic E-state index is 0.0738. The lowest BCUT2D eigenvalue weighted by Gasteiger charge is -2.34. The van der Waals surface area contributed by atoms with Gasteiger partial charge in [0, 0.05) is 32.0 Å². The number of aromatic amines is 1. The molecule has 2 saturated heterocycles. The largest absolute Gasteiger partial charge is 0.342 e. The fourth-order valence-electron chi connectivity index (χ4n) is 4.24. The molecule has 0 unspecified atom stereocenters. The fraction of sp³-hybridized carbons (Fsp3) is 0.571. The third-order valence-corrected chi connectivity index (χ3v) is 5.82. The molecule has 2 aromatic rings. The summed E-state index contributed by atoms with van der Waals surface area (Å²) in [4.78, 5) is 37.0. The maximum absolute atomic E-state index is 12.9. The maximum Gasteiger partial charge on any atom is 0.242 e. The van der Waals surface area contributed by atoms with Crippen LogP contribution in [0.4, 0.5) is 0 Å². The molecule has 1 aromatic carbocycles. The molecule has 3 heterocycles. The lowest BCUT2D eigenvalue weighted by molar-refractivity contribution is -0.141. The fourth-order valence-corrected chi connectivity index (χ4v) is 4.24. The van der Waals surface area contributed by atoms with Gasteiger partial charge in [-0.15, -0.1) is 0 Å². The van der Waals surface area contributed by atoms with Crippen molar-refractivity contribution in [2.45, 2.75) is 50.9 Å². The van der Waals surface area contributed by atoms with Crippen molar-refractivity contribution < 1.29 is 9.59 Å². The molecule has 6 heteroatoms. The molecule has 1 N–H and O–H groups in total. The normalized spacial score (nSPS) is 21.9. The standard InChI is InChI=1S/C21H28N4O2/c26-19-11-3-1-2-6-12-25(19)15-20(27)24-13-7-8-16(14-24)21-22-17-9-4-5-10-18(17)23-21/h4-5,9-10,16H,1-3,6-8,11-15H2,(H,22,23)/t16-/m1/s1. The van der Waals surface area contributed by atoms with Gasteiger partial charge in [-0.3, -0.25) is 9.59 Å². The smallest absolute Gasteiger partial charge is 0.242 e. The minimum absolute atomic E-state index is 0.0738. The topological polar surface area (TPSA) is 69.3 Å². The predicted molar refractivity (Wildman–Crippen MR) is 104 cm³/mol. The summed E-state index contributed by atoms with van der Waals surface area (Å²) in [5, 5.41) is 0. The van der Waals surface area contributed by atoms with E-state index in [4.69, 9.17) is 4.98 Å². The number of aromatic nitrogens is 2. The quantitative estimate of drug-likeness (QED) is 0.905. The molecule has 1 atom stereocenters. The summed E-state index contributed by atoms with van der Waals surface area (Å²) in [6.07, 6.45) is 6.80. The van der Waals surface area contributed by atoms with Gasteiger partial charge in [0.15, 0.2) is 0 Å². The summed E-state index contributed by atoms with van der Waals surface area (Å²) in [7, 11) is 0. The highest BCUT2D eigenvalue weighted by atomic mass is 16.2. The average molecular weight is 368 g/mol. The van der Waals surface area contributed by atoms with Gasteiger partial charge in [0.2, 0.25) is 11.8 Å². The van der Waals surface area contributed by atoms with E-state index in [-0.39, 0.29) is 24.3 Å². The third-order valence-electron chi connectivity index (χ3n) is 5.82. The number of amides is 2. The van der Waals surface area contributed by atoms with Crippen molar-refractivity contribution in [2.24, 2.45) is 0 Å². The molecule has 0 spiro atoms. The molecule has 6 nitrogen and oxygen atoms in total. The first-order valence-electron chi connectivity index (χ1n) is 10.2. The number of nitrogens with zero attached hydrogens (tertiary/aromatic N) is 3. The van der Waals surface area contributed by atoms with Crippen molar-refractivity contribution in [3.05, 3.63) is 30.1 Å².